The molecule has 98 valence electrons. The molecule has 2 aromatic rings. The summed E-state index contributed by atoms with van der Waals surface area (Å²) in [4.78, 5) is 12.4. The molecule has 0 aliphatic heterocycles. The number of ether oxygens (including phenoxy) is 1. The molecule has 0 atom stereocenters. The maximum atomic E-state index is 13.8. The van der Waals surface area contributed by atoms with Crippen LogP contribution in [0.4, 0.5) is 4.39 Å². The standard InChI is InChI=1S/C14H9Br2FO2/c1-19-13-5-3-8(15)6-11(13)14(18)10-4-2-9(16)7-12(10)17/h2-7H,1H3. The summed E-state index contributed by atoms with van der Waals surface area (Å²) >= 11 is 6.45. The van der Waals surface area contributed by atoms with Crippen LogP contribution in [0.3, 0.4) is 0 Å². The first-order chi connectivity index (χ1) is 9.02. The SMILES string of the molecule is COc1ccc(Br)cc1C(=O)c1ccc(Br)cc1F. The number of carbonyl (C=O) groups is 1. The lowest BCUT2D eigenvalue weighted by Gasteiger charge is -2.09. The van der Waals surface area contributed by atoms with E-state index >= 15 is 0 Å². The van der Waals surface area contributed by atoms with E-state index in [9.17, 15) is 9.18 Å². The van der Waals surface area contributed by atoms with Crippen molar-refractivity contribution in [3.63, 3.8) is 0 Å². The van der Waals surface area contributed by atoms with Gasteiger partial charge in [0, 0.05) is 8.95 Å². The molecule has 0 radical (unpaired) electrons. The third-order valence-electron chi connectivity index (χ3n) is 2.58. The van der Waals surface area contributed by atoms with Crippen molar-refractivity contribution < 1.29 is 13.9 Å². The molecule has 19 heavy (non-hydrogen) atoms. The monoisotopic (exact) mass is 386 g/mol. The fourth-order valence-corrected chi connectivity index (χ4v) is 2.37. The third kappa shape index (κ3) is 3.04. The average molecular weight is 388 g/mol. The van der Waals surface area contributed by atoms with Gasteiger partial charge in [-0.05, 0) is 36.4 Å². The summed E-state index contributed by atoms with van der Waals surface area (Å²) in [5.74, 6) is -0.569. The molecule has 0 N–H and O–H groups in total. The summed E-state index contributed by atoms with van der Waals surface area (Å²) in [5, 5.41) is 0. The van der Waals surface area contributed by atoms with Crippen LogP contribution in [-0.2, 0) is 0 Å². The summed E-state index contributed by atoms with van der Waals surface area (Å²) < 4.78 is 20.3. The second-order valence-corrected chi connectivity index (χ2v) is 5.63. The molecular weight excluding hydrogens is 379 g/mol. The molecule has 0 heterocycles. The highest BCUT2D eigenvalue weighted by atomic mass is 79.9. The summed E-state index contributed by atoms with van der Waals surface area (Å²) in [5.41, 5.74) is 0.331. The van der Waals surface area contributed by atoms with Gasteiger partial charge < -0.3 is 4.74 Å². The number of halogens is 3. The lowest BCUT2D eigenvalue weighted by molar-refractivity contribution is 0.103. The van der Waals surface area contributed by atoms with Crippen molar-refractivity contribution in [1.29, 1.82) is 0 Å². The lowest BCUT2D eigenvalue weighted by Crippen LogP contribution is -2.06. The summed E-state index contributed by atoms with van der Waals surface area (Å²) in [6.07, 6.45) is 0. The Kier molecular flexibility index (Phi) is 4.37. The van der Waals surface area contributed by atoms with Crippen molar-refractivity contribution in [2.75, 3.05) is 7.11 Å². The predicted octanol–water partition coefficient (Wildman–Crippen LogP) is 4.59. The zero-order valence-corrected chi connectivity index (χ0v) is 13.1. The molecule has 0 aliphatic carbocycles. The predicted molar refractivity (Wildman–Crippen MR) is 78.2 cm³/mol. The van der Waals surface area contributed by atoms with Gasteiger partial charge in [0.05, 0.1) is 18.2 Å². The minimum absolute atomic E-state index is 0.0135. The highest BCUT2D eigenvalue weighted by molar-refractivity contribution is 9.10. The maximum Gasteiger partial charge on any atom is 0.199 e. The molecule has 0 saturated heterocycles. The van der Waals surface area contributed by atoms with Gasteiger partial charge in [-0.15, -0.1) is 0 Å². The van der Waals surface area contributed by atoms with E-state index in [1.807, 2.05) is 0 Å². The number of carbonyl (C=O) groups excluding carboxylic acids is 1. The van der Waals surface area contributed by atoms with Gasteiger partial charge in [-0.25, -0.2) is 4.39 Å². The van der Waals surface area contributed by atoms with E-state index in [1.165, 1.54) is 19.2 Å². The van der Waals surface area contributed by atoms with E-state index in [4.69, 9.17) is 4.74 Å². The van der Waals surface area contributed by atoms with Gasteiger partial charge in [0.2, 0.25) is 0 Å². The largest absolute Gasteiger partial charge is 0.496 e. The maximum absolute atomic E-state index is 13.8. The van der Waals surface area contributed by atoms with Crippen LogP contribution in [0.25, 0.3) is 0 Å². The van der Waals surface area contributed by atoms with Gasteiger partial charge in [0.1, 0.15) is 11.6 Å². The van der Waals surface area contributed by atoms with Crippen molar-refractivity contribution in [2.45, 2.75) is 0 Å². The van der Waals surface area contributed by atoms with E-state index in [0.717, 1.165) is 4.47 Å². The minimum Gasteiger partial charge on any atom is -0.496 e. The van der Waals surface area contributed by atoms with Crippen molar-refractivity contribution in [3.05, 3.63) is 62.3 Å². The van der Waals surface area contributed by atoms with Crippen LogP contribution in [0.1, 0.15) is 15.9 Å². The molecular formula is C14H9Br2FO2. The summed E-state index contributed by atoms with van der Waals surface area (Å²) in [7, 11) is 1.47. The Labute approximate surface area is 126 Å². The summed E-state index contributed by atoms with van der Waals surface area (Å²) in [6.45, 7) is 0. The Hall–Kier alpha value is -1.20. The molecule has 0 aliphatic rings. The Morgan fingerprint density at radius 3 is 2.32 bits per heavy atom. The van der Waals surface area contributed by atoms with Crippen molar-refractivity contribution in [3.8, 4) is 5.75 Å². The smallest absolute Gasteiger partial charge is 0.199 e. The molecule has 0 spiro atoms. The Bertz CT molecular complexity index is 641. The molecule has 0 fully saturated rings. The van der Waals surface area contributed by atoms with E-state index in [1.54, 1.807) is 24.3 Å². The lowest BCUT2D eigenvalue weighted by atomic mass is 10.0. The number of methoxy groups -OCH3 is 1. The van der Waals surface area contributed by atoms with Crippen LogP contribution < -0.4 is 4.74 Å². The van der Waals surface area contributed by atoms with Crippen LogP contribution >= 0.6 is 31.9 Å². The second-order valence-electron chi connectivity index (χ2n) is 3.80. The van der Waals surface area contributed by atoms with Gasteiger partial charge in [0.25, 0.3) is 0 Å². The van der Waals surface area contributed by atoms with Crippen molar-refractivity contribution >= 4 is 37.6 Å². The first kappa shape index (κ1) is 14.2. The van der Waals surface area contributed by atoms with Crippen molar-refractivity contribution in [1.82, 2.24) is 0 Å². The highest BCUT2D eigenvalue weighted by Gasteiger charge is 2.18. The molecule has 0 amide bonds. The van der Waals surface area contributed by atoms with E-state index in [-0.39, 0.29) is 5.56 Å². The fourth-order valence-electron chi connectivity index (χ4n) is 1.68. The van der Waals surface area contributed by atoms with Gasteiger partial charge in [-0.2, -0.15) is 0 Å². The van der Waals surface area contributed by atoms with Gasteiger partial charge in [-0.1, -0.05) is 31.9 Å². The quantitative estimate of drug-likeness (QED) is 0.720. The van der Waals surface area contributed by atoms with E-state index < -0.39 is 11.6 Å². The molecule has 5 heteroatoms. The first-order valence-electron chi connectivity index (χ1n) is 5.36. The Balaban J connectivity index is 2.52. The number of benzene rings is 2. The highest BCUT2D eigenvalue weighted by Crippen LogP contribution is 2.27. The number of hydrogen-bond acceptors (Lipinski definition) is 2. The van der Waals surface area contributed by atoms with Crippen LogP contribution in [0, 0.1) is 5.82 Å². The van der Waals surface area contributed by atoms with Crippen LogP contribution in [-0.4, -0.2) is 12.9 Å². The van der Waals surface area contributed by atoms with E-state index in [2.05, 4.69) is 31.9 Å². The van der Waals surface area contributed by atoms with Gasteiger partial charge in [-0.3, -0.25) is 4.79 Å². The van der Waals surface area contributed by atoms with Gasteiger partial charge >= 0.3 is 0 Å². The van der Waals surface area contributed by atoms with Gasteiger partial charge in [0.15, 0.2) is 5.78 Å². The normalized spacial score (nSPS) is 10.3. The Morgan fingerprint density at radius 2 is 1.68 bits per heavy atom. The third-order valence-corrected chi connectivity index (χ3v) is 3.57. The molecule has 0 saturated carbocycles. The summed E-state index contributed by atoms with van der Waals surface area (Å²) in [6, 6.07) is 9.37. The molecule has 0 unspecified atom stereocenters. The molecule has 2 nitrogen and oxygen atoms in total. The first-order valence-corrected chi connectivity index (χ1v) is 6.95. The fraction of sp³-hybridized carbons (Fsp3) is 0.0714. The van der Waals surface area contributed by atoms with Crippen molar-refractivity contribution in [2.24, 2.45) is 0 Å². The zero-order valence-electron chi connectivity index (χ0n) is 9.91. The molecule has 2 rings (SSSR count). The second kappa shape index (κ2) is 5.84. The Morgan fingerprint density at radius 1 is 1.05 bits per heavy atom. The van der Waals surface area contributed by atoms with Crippen LogP contribution in [0.5, 0.6) is 5.75 Å². The molecule has 0 aromatic heterocycles. The molecule has 2 aromatic carbocycles. The van der Waals surface area contributed by atoms with E-state index in [0.29, 0.717) is 15.8 Å². The number of hydrogen-bond donors (Lipinski definition) is 0. The zero-order chi connectivity index (χ0) is 14.0. The topological polar surface area (TPSA) is 26.3 Å². The number of ketones is 1. The molecule has 0 bridgehead atoms. The van der Waals surface area contributed by atoms with Crippen LogP contribution in [0.15, 0.2) is 45.3 Å². The van der Waals surface area contributed by atoms with Crippen LogP contribution in [0.2, 0.25) is 0 Å². The number of rotatable bonds is 3. The average Bonchev–Trinajstić information content (AvgIpc) is 2.38. The minimum atomic E-state index is -0.568.